The average molecular weight is 1330 g/mol. The Morgan fingerprint density at radius 1 is 0.580 bits per heavy atom. The van der Waals surface area contributed by atoms with Crippen LogP contribution in [0.1, 0.15) is 1.43 Å². The molecule has 0 bridgehead atoms. The third-order valence-electron chi connectivity index (χ3n) is 14.1. The van der Waals surface area contributed by atoms with Crippen molar-refractivity contribution in [3.63, 3.8) is 0 Å². The number of rotatable bonds is 12. The van der Waals surface area contributed by atoms with Crippen molar-refractivity contribution >= 4 is 121 Å². The third-order valence-corrected chi connectivity index (χ3v) is 15.2. The van der Waals surface area contributed by atoms with Gasteiger partial charge >= 0.3 is 103 Å². The first-order valence-electron chi connectivity index (χ1n) is 27.0. The minimum atomic E-state index is -0.181. The van der Waals surface area contributed by atoms with E-state index >= 15 is 0 Å². The van der Waals surface area contributed by atoms with E-state index in [1.807, 2.05) is 107 Å². The fourth-order valence-electron chi connectivity index (χ4n) is 9.53. The molecule has 9 aromatic rings. The Balaban J connectivity index is 0.000000219. The van der Waals surface area contributed by atoms with Crippen LogP contribution in [0.3, 0.4) is 0 Å². The third kappa shape index (κ3) is 19.8. The van der Waals surface area contributed by atoms with E-state index in [4.69, 9.17) is 70.7 Å². The SMILES string of the molecule is COc1cc(N2CCN(C(=O)CCl)CC2)ccc1Cl.COc1cc(N2CCN(C(=O)Cn3cc4ncccc4n3)CC2)ccc1Cl.COc1cc(N2CCN(C(=O)Cn3ncc4ncccc43)CC2)ccc1Cl.O=CO[O-].[H-].[K+].[K+].c1cnc2[nH]ncc2c1. The summed E-state index contributed by atoms with van der Waals surface area (Å²) < 4.78 is 19.2. The molecule has 3 amide bonds. The first kappa shape index (κ1) is 71.7. The van der Waals surface area contributed by atoms with Gasteiger partial charge in [0.2, 0.25) is 17.7 Å². The molecule has 3 aromatic carbocycles. The van der Waals surface area contributed by atoms with Gasteiger partial charge in [0.25, 0.3) is 6.47 Å². The Kier molecular flexibility index (Phi) is 29.7. The van der Waals surface area contributed by atoms with Gasteiger partial charge in [0, 0.05) is 138 Å². The number of nitrogens with one attached hydrogen (secondary N) is 1. The van der Waals surface area contributed by atoms with Crippen LogP contribution in [0.15, 0.2) is 128 Å². The summed E-state index contributed by atoms with van der Waals surface area (Å²) in [6, 6.07) is 28.6. The second kappa shape index (κ2) is 36.4. The molecule has 3 aliphatic rings. The molecule has 0 atom stereocenters. The summed E-state index contributed by atoms with van der Waals surface area (Å²) in [4.78, 5) is 72.8. The summed E-state index contributed by atoms with van der Waals surface area (Å²) in [6.45, 7) is 8.95. The summed E-state index contributed by atoms with van der Waals surface area (Å²) in [6.07, 6.45) is 10.4. The van der Waals surface area contributed by atoms with Gasteiger partial charge in [-0.1, -0.05) is 34.8 Å². The fraction of sp³-hybridized carbons (Fsp3) is 0.310. The van der Waals surface area contributed by atoms with Gasteiger partial charge in [-0.3, -0.25) is 43.6 Å². The van der Waals surface area contributed by atoms with Crippen LogP contribution in [0.2, 0.25) is 15.1 Å². The minimum Gasteiger partial charge on any atom is -1.00 e. The Morgan fingerprint density at radius 3 is 1.48 bits per heavy atom. The number of alkyl halides is 1. The van der Waals surface area contributed by atoms with Crippen molar-refractivity contribution in [2.24, 2.45) is 0 Å². The van der Waals surface area contributed by atoms with E-state index in [0.717, 1.165) is 89.4 Å². The standard InChI is InChI=1S/2C19H20ClN5O2.C13H16Cl2N2O2.C6H5N3.CH2O3.2K.H/c1-27-18-11-14(4-5-15(18)20)23-7-9-24(10-8-23)19(26)13-25-17-3-2-6-21-16(17)12-22-25;1-27-18-11-14(4-5-15(18)20)23-7-9-24(10-8-23)19(26)13-25-12-17-16(22-25)3-2-6-21-17;1-19-12-8-10(2-3-11(12)15)16-4-6-17(7-5-16)13(18)9-14;1-2-5-4-8-9-6(5)7-3-1;2-1-4-3;;;/h2*2-6,11-12H,7-10,13H2,1H3;2-3,8H,4-7,9H2,1H3;1-4H,(H,7,8,9);1,3H;;;/q;;;;;2*+1;-1/p-1. The van der Waals surface area contributed by atoms with Gasteiger partial charge in [0.05, 0.1) is 60.5 Å². The molecule has 12 rings (SSSR count). The second-order valence-electron chi connectivity index (χ2n) is 19.1. The number of benzene rings is 3. The van der Waals surface area contributed by atoms with Crippen LogP contribution in [-0.4, -0.2) is 189 Å². The van der Waals surface area contributed by atoms with Gasteiger partial charge in [-0.2, -0.15) is 15.3 Å². The smallest absolute Gasteiger partial charge is 1.00 e. The molecular weight excluding hydrogens is 1270 g/mol. The first-order chi connectivity index (χ1) is 41.8. The first-order valence-corrected chi connectivity index (χ1v) is 28.7. The second-order valence-corrected chi connectivity index (χ2v) is 20.6. The number of nitrogens with zero attached hydrogens (tertiary/aromatic N) is 14. The van der Waals surface area contributed by atoms with Crippen LogP contribution in [0.5, 0.6) is 17.2 Å². The average Bonchev–Trinajstić information content (AvgIpc) is 3.51. The number of anilines is 3. The molecule has 3 fully saturated rings. The number of aromatic amines is 1. The maximum absolute atomic E-state index is 12.7. The summed E-state index contributed by atoms with van der Waals surface area (Å²) in [5.74, 6) is 2.16. The van der Waals surface area contributed by atoms with E-state index in [1.165, 1.54) is 0 Å². The Hall–Kier alpha value is -5.41. The van der Waals surface area contributed by atoms with Gasteiger partial charge in [0.15, 0.2) is 5.65 Å². The topological polar surface area (TPSA) is 251 Å². The van der Waals surface area contributed by atoms with E-state index in [-0.39, 0.29) is 147 Å². The van der Waals surface area contributed by atoms with E-state index < -0.39 is 0 Å². The van der Waals surface area contributed by atoms with Crippen molar-refractivity contribution in [3.05, 3.63) is 143 Å². The molecule has 0 radical (unpaired) electrons. The number of ether oxygens (including phenoxy) is 3. The molecule has 0 saturated carbocycles. The van der Waals surface area contributed by atoms with E-state index in [0.29, 0.717) is 71.6 Å². The van der Waals surface area contributed by atoms with E-state index in [9.17, 15) is 14.4 Å². The number of hydrogen-bond acceptors (Lipinski definition) is 18. The molecule has 454 valence electrons. The molecule has 0 unspecified atom stereocenters. The number of pyridine rings is 3. The van der Waals surface area contributed by atoms with Crippen LogP contribution < -0.4 is 137 Å². The number of aromatic nitrogens is 9. The number of H-pyrrole nitrogens is 1. The van der Waals surface area contributed by atoms with Crippen LogP contribution in [0.25, 0.3) is 33.1 Å². The van der Waals surface area contributed by atoms with Gasteiger partial charge in [-0.05, 0) is 72.8 Å². The summed E-state index contributed by atoms with van der Waals surface area (Å²) >= 11 is 23.8. The van der Waals surface area contributed by atoms with Crippen LogP contribution in [-0.2, 0) is 37.2 Å². The van der Waals surface area contributed by atoms with E-state index in [1.54, 1.807) is 66.6 Å². The van der Waals surface area contributed by atoms with Crippen molar-refractivity contribution < 1.29 is 148 Å². The fourth-order valence-corrected chi connectivity index (χ4v) is 10.3. The molecule has 88 heavy (non-hydrogen) atoms. The molecule has 0 spiro atoms. The molecule has 0 aliphatic carbocycles. The number of halogens is 4. The summed E-state index contributed by atoms with van der Waals surface area (Å²) in [5.41, 5.74) is 7.26. The van der Waals surface area contributed by atoms with Gasteiger partial charge in [-0.15, -0.1) is 11.6 Å². The summed E-state index contributed by atoms with van der Waals surface area (Å²) in [7, 11) is 4.81. The van der Waals surface area contributed by atoms with Crippen LogP contribution in [0.4, 0.5) is 17.1 Å². The maximum atomic E-state index is 12.7. The molecule has 30 heteroatoms. The Bertz CT molecular complexity index is 3630. The predicted molar refractivity (Wildman–Crippen MR) is 328 cm³/mol. The van der Waals surface area contributed by atoms with Gasteiger partial charge in [-0.25, -0.2) is 4.98 Å². The van der Waals surface area contributed by atoms with Crippen molar-refractivity contribution in [3.8, 4) is 17.2 Å². The molecule has 9 heterocycles. The number of hydrogen-bond donors (Lipinski definition) is 1. The van der Waals surface area contributed by atoms with Crippen molar-refractivity contribution in [2.75, 3.05) is 120 Å². The molecule has 6 aromatic heterocycles. The molecule has 3 saturated heterocycles. The molecule has 1 N–H and O–H groups in total. The number of amides is 3. The zero-order valence-corrected chi connectivity index (χ0v) is 58.5. The number of carbonyl (C=O) groups excluding carboxylic acids is 4. The van der Waals surface area contributed by atoms with Crippen LogP contribution in [0, 0.1) is 0 Å². The maximum Gasteiger partial charge on any atom is 1.00 e. The molecule has 24 nitrogen and oxygen atoms in total. The largest absolute Gasteiger partial charge is 1.00 e. The van der Waals surface area contributed by atoms with Crippen LogP contribution >= 0.6 is 46.4 Å². The number of methoxy groups -OCH3 is 3. The number of piperazine rings is 3. The Morgan fingerprint density at radius 2 is 1.02 bits per heavy atom. The van der Waals surface area contributed by atoms with E-state index in [2.05, 4.69) is 54.9 Å². The van der Waals surface area contributed by atoms with Gasteiger partial charge in [0.1, 0.15) is 52.8 Å². The quantitative estimate of drug-likeness (QED) is 0.0579. The monoisotopic (exact) mass is 1330 g/mol. The predicted octanol–water partition coefficient (Wildman–Crippen LogP) is 0.633. The molecular formula is C58H63Cl4K2N15O9. The van der Waals surface area contributed by atoms with Crippen molar-refractivity contribution in [1.82, 2.24) is 59.4 Å². The van der Waals surface area contributed by atoms with Gasteiger partial charge < -0.3 is 55.2 Å². The number of fused-ring (bicyclic) bond motifs is 3. The Labute approximate surface area is 614 Å². The van der Waals surface area contributed by atoms with Crippen molar-refractivity contribution in [2.45, 2.75) is 13.1 Å². The normalized spacial score (nSPS) is 13.6. The number of carbonyl (C=O) groups is 4. The van der Waals surface area contributed by atoms with Crippen molar-refractivity contribution in [1.29, 1.82) is 0 Å². The zero-order chi connectivity index (χ0) is 61.0. The summed E-state index contributed by atoms with van der Waals surface area (Å²) in [5, 5.41) is 26.5. The molecule has 3 aliphatic heterocycles. The zero-order valence-electron chi connectivity index (χ0n) is 50.3. The minimum absolute atomic E-state index is 0.